The molecule has 0 atom stereocenters. The van der Waals surface area contributed by atoms with Crippen LogP contribution in [0.2, 0.25) is 0 Å². The number of imidazole rings is 1. The van der Waals surface area contributed by atoms with Crippen molar-refractivity contribution in [2.45, 2.75) is 0 Å². The predicted molar refractivity (Wildman–Crippen MR) is 92.5 cm³/mol. The highest BCUT2D eigenvalue weighted by Crippen LogP contribution is 2.33. The maximum atomic E-state index is 8.82. The summed E-state index contributed by atoms with van der Waals surface area (Å²) in [7, 11) is 1.62. The fourth-order valence-corrected chi connectivity index (χ4v) is 2.71. The summed E-state index contributed by atoms with van der Waals surface area (Å²) in [4.78, 5) is 4.62. The first kappa shape index (κ1) is 15.1. The molecule has 3 aromatic rings. The van der Waals surface area contributed by atoms with Gasteiger partial charge in [0.1, 0.15) is 23.8 Å². The molecule has 0 fully saturated rings. The summed E-state index contributed by atoms with van der Waals surface area (Å²) in [5.41, 5.74) is 2.63. The molecule has 0 radical (unpaired) electrons. The number of pyridine rings is 1. The lowest BCUT2D eigenvalue weighted by Gasteiger charge is -2.09. The minimum Gasteiger partial charge on any atom is -0.496 e. The van der Waals surface area contributed by atoms with Gasteiger partial charge in [-0.1, -0.05) is 0 Å². The van der Waals surface area contributed by atoms with Gasteiger partial charge in [-0.25, -0.2) is 4.98 Å². The van der Waals surface area contributed by atoms with Crippen LogP contribution in [-0.2, 0) is 0 Å². The van der Waals surface area contributed by atoms with Crippen LogP contribution in [0.4, 0.5) is 0 Å². The van der Waals surface area contributed by atoms with Crippen molar-refractivity contribution in [3.63, 3.8) is 0 Å². The zero-order valence-corrected chi connectivity index (χ0v) is 14.1. The Morgan fingerprint density at radius 2 is 2.09 bits per heavy atom. The van der Waals surface area contributed by atoms with Gasteiger partial charge in [-0.2, -0.15) is 0 Å². The topological polar surface area (TPSA) is 56.0 Å². The molecule has 0 amide bonds. The second-order valence-corrected chi connectivity index (χ2v) is 5.92. The largest absolute Gasteiger partial charge is 0.496 e. The van der Waals surface area contributed by atoms with Crippen molar-refractivity contribution in [1.29, 1.82) is 0 Å². The lowest BCUT2D eigenvalue weighted by atomic mass is 10.1. The second kappa shape index (κ2) is 6.53. The number of aromatic nitrogens is 2. The summed E-state index contributed by atoms with van der Waals surface area (Å²) in [6, 6.07) is 9.57. The van der Waals surface area contributed by atoms with Gasteiger partial charge >= 0.3 is 0 Å². The molecule has 0 spiro atoms. The summed E-state index contributed by atoms with van der Waals surface area (Å²) >= 11 is 2.27. The van der Waals surface area contributed by atoms with Crippen LogP contribution in [0.5, 0.6) is 11.5 Å². The van der Waals surface area contributed by atoms with Crippen LogP contribution in [0, 0.1) is 3.57 Å². The average molecular weight is 410 g/mol. The molecule has 6 heteroatoms. The van der Waals surface area contributed by atoms with Crippen LogP contribution >= 0.6 is 22.6 Å². The van der Waals surface area contributed by atoms with Gasteiger partial charge in [0.25, 0.3) is 0 Å². The van der Waals surface area contributed by atoms with E-state index in [0.717, 1.165) is 20.5 Å². The first-order valence-corrected chi connectivity index (χ1v) is 7.85. The van der Waals surface area contributed by atoms with E-state index < -0.39 is 0 Å². The highest BCUT2D eigenvalue weighted by Gasteiger charge is 2.11. The van der Waals surface area contributed by atoms with Crippen molar-refractivity contribution in [2.24, 2.45) is 0 Å². The normalized spacial score (nSPS) is 10.9. The van der Waals surface area contributed by atoms with Crippen LogP contribution < -0.4 is 9.47 Å². The molecular weight excluding hydrogens is 395 g/mol. The Morgan fingerprint density at radius 3 is 2.86 bits per heavy atom. The van der Waals surface area contributed by atoms with Crippen molar-refractivity contribution in [3.8, 4) is 22.8 Å². The van der Waals surface area contributed by atoms with E-state index in [1.165, 1.54) is 0 Å². The Bertz CT molecular complexity index is 801. The van der Waals surface area contributed by atoms with Gasteiger partial charge in [-0.05, 0) is 46.9 Å². The van der Waals surface area contributed by atoms with E-state index in [-0.39, 0.29) is 13.2 Å². The van der Waals surface area contributed by atoms with E-state index in [9.17, 15) is 0 Å². The number of halogens is 1. The van der Waals surface area contributed by atoms with E-state index >= 15 is 0 Å². The SMILES string of the molecule is COc1cc(OCCO)ccc1-c1cn2cc(I)ccc2n1. The van der Waals surface area contributed by atoms with Crippen molar-refractivity contribution in [3.05, 3.63) is 46.3 Å². The Labute approximate surface area is 141 Å². The molecule has 114 valence electrons. The number of aliphatic hydroxyl groups excluding tert-OH is 1. The Hall–Kier alpha value is -1.80. The molecule has 0 saturated heterocycles. The van der Waals surface area contributed by atoms with E-state index in [0.29, 0.717) is 11.5 Å². The smallest absolute Gasteiger partial charge is 0.137 e. The molecule has 22 heavy (non-hydrogen) atoms. The molecule has 1 aromatic carbocycles. The molecule has 5 nitrogen and oxygen atoms in total. The van der Waals surface area contributed by atoms with Crippen LogP contribution in [0.3, 0.4) is 0 Å². The fourth-order valence-electron chi connectivity index (χ4n) is 2.23. The van der Waals surface area contributed by atoms with E-state index in [2.05, 4.69) is 27.6 Å². The summed E-state index contributed by atoms with van der Waals surface area (Å²) in [5.74, 6) is 1.35. The molecular formula is C16H15IN2O3. The summed E-state index contributed by atoms with van der Waals surface area (Å²) in [6.07, 6.45) is 4.00. The van der Waals surface area contributed by atoms with Crippen LogP contribution in [0.1, 0.15) is 0 Å². The number of hydrogen-bond acceptors (Lipinski definition) is 4. The summed E-state index contributed by atoms with van der Waals surface area (Å²) in [5, 5.41) is 8.82. The molecule has 3 rings (SSSR count). The monoisotopic (exact) mass is 410 g/mol. The molecule has 2 heterocycles. The number of benzene rings is 1. The third-order valence-corrected chi connectivity index (χ3v) is 3.86. The Morgan fingerprint density at radius 1 is 1.23 bits per heavy atom. The van der Waals surface area contributed by atoms with E-state index in [1.54, 1.807) is 13.2 Å². The minimum absolute atomic E-state index is 0.0187. The van der Waals surface area contributed by atoms with Gasteiger partial charge in [0, 0.05) is 27.6 Å². The van der Waals surface area contributed by atoms with Gasteiger partial charge < -0.3 is 19.0 Å². The number of nitrogens with zero attached hydrogens (tertiary/aromatic N) is 2. The van der Waals surface area contributed by atoms with Crippen LogP contribution in [-0.4, -0.2) is 34.8 Å². The molecule has 1 N–H and O–H groups in total. The quantitative estimate of drug-likeness (QED) is 0.658. The number of rotatable bonds is 5. The number of fused-ring (bicyclic) bond motifs is 1. The molecule has 0 aliphatic rings. The van der Waals surface area contributed by atoms with Crippen molar-refractivity contribution in [1.82, 2.24) is 9.38 Å². The van der Waals surface area contributed by atoms with Gasteiger partial charge in [0.15, 0.2) is 0 Å². The summed E-state index contributed by atoms with van der Waals surface area (Å²) in [6.45, 7) is 0.241. The third kappa shape index (κ3) is 3.02. The van der Waals surface area contributed by atoms with Crippen molar-refractivity contribution in [2.75, 3.05) is 20.3 Å². The zero-order chi connectivity index (χ0) is 15.5. The Kier molecular flexibility index (Phi) is 4.49. The molecule has 0 saturated carbocycles. The zero-order valence-electron chi connectivity index (χ0n) is 12.0. The van der Waals surface area contributed by atoms with E-state index in [1.807, 2.05) is 41.1 Å². The molecule has 0 bridgehead atoms. The van der Waals surface area contributed by atoms with Crippen LogP contribution in [0.15, 0.2) is 42.7 Å². The molecule has 0 aliphatic carbocycles. The second-order valence-electron chi connectivity index (χ2n) is 4.67. The average Bonchev–Trinajstić information content (AvgIpc) is 2.95. The first-order valence-electron chi connectivity index (χ1n) is 6.77. The minimum atomic E-state index is -0.0187. The summed E-state index contributed by atoms with van der Waals surface area (Å²) < 4.78 is 14.0. The lowest BCUT2D eigenvalue weighted by molar-refractivity contribution is 0.201. The predicted octanol–water partition coefficient (Wildman–Crippen LogP) is 2.99. The van der Waals surface area contributed by atoms with Gasteiger partial charge in [0.2, 0.25) is 0 Å². The van der Waals surface area contributed by atoms with Crippen molar-refractivity contribution < 1.29 is 14.6 Å². The highest BCUT2D eigenvalue weighted by atomic mass is 127. The standard InChI is InChI=1S/C16H15IN2O3/c1-21-15-8-12(22-7-6-20)3-4-13(15)14-10-19-9-11(17)2-5-16(19)18-14/h2-5,8-10,20H,6-7H2,1H3. The molecule has 0 unspecified atom stereocenters. The van der Waals surface area contributed by atoms with Crippen molar-refractivity contribution >= 4 is 28.2 Å². The molecule has 2 aromatic heterocycles. The fraction of sp³-hybridized carbons (Fsp3) is 0.188. The van der Waals surface area contributed by atoms with Gasteiger partial charge in [-0.3, -0.25) is 0 Å². The first-order chi connectivity index (χ1) is 10.7. The number of methoxy groups -OCH3 is 1. The lowest BCUT2D eigenvalue weighted by Crippen LogP contribution is -2.01. The van der Waals surface area contributed by atoms with Gasteiger partial charge in [0.05, 0.1) is 19.4 Å². The number of hydrogen-bond donors (Lipinski definition) is 1. The van der Waals surface area contributed by atoms with Gasteiger partial charge in [-0.15, -0.1) is 0 Å². The number of ether oxygens (including phenoxy) is 2. The molecule has 0 aliphatic heterocycles. The maximum absolute atomic E-state index is 8.82. The van der Waals surface area contributed by atoms with Crippen LogP contribution in [0.25, 0.3) is 16.9 Å². The Balaban J connectivity index is 2.01. The van der Waals surface area contributed by atoms with E-state index in [4.69, 9.17) is 14.6 Å². The third-order valence-electron chi connectivity index (χ3n) is 3.22. The number of aliphatic hydroxyl groups is 1. The highest BCUT2D eigenvalue weighted by molar-refractivity contribution is 14.1. The maximum Gasteiger partial charge on any atom is 0.137 e.